The number of ketones is 1. The van der Waals surface area contributed by atoms with Crippen molar-refractivity contribution in [1.29, 1.82) is 0 Å². The Morgan fingerprint density at radius 3 is 2.44 bits per heavy atom. The number of epoxide rings is 1. The van der Waals surface area contributed by atoms with Crippen molar-refractivity contribution in [3.63, 3.8) is 0 Å². The normalized spacial score (nSPS) is 42.0. The first-order valence-corrected chi connectivity index (χ1v) is 18.1. The average Bonchev–Trinajstić information content (AvgIpc) is 3.70. The Morgan fingerprint density at radius 1 is 1.17 bits per heavy atom. The maximum atomic E-state index is 13.5. The number of esters is 1. The number of rotatable bonds is 10. The fourth-order valence-electron chi connectivity index (χ4n) is 6.99. The minimum Gasteiger partial charge on any atom is -0.480 e. The van der Waals surface area contributed by atoms with E-state index in [2.05, 4.69) is 0 Å². The third-order valence-electron chi connectivity index (χ3n) is 10.2. The summed E-state index contributed by atoms with van der Waals surface area (Å²) in [5, 5.41) is 43.2. The Morgan fingerprint density at radius 2 is 1.83 bits per heavy atom. The molecule has 0 aromatic carbocycles. The standard InChI is InChI=1S/C34H58N2O11S/c1-9-26-20(5)31-34(6,47-31)11-10-24(37)17(2)12-21(14-28(40)48-16-22(35)32(42)43)30(19(4)25(38)15-27(39)45-26)46-33-29(41)23(36(7)8)13-18(3)44-33/h10-11,17-23,25-26,28-31,33,38,40-41H,9,12-16,35H2,1-8H3,(H,42,43)/b11-10+. The summed E-state index contributed by atoms with van der Waals surface area (Å²) < 4.78 is 24.5. The van der Waals surface area contributed by atoms with Crippen LogP contribution in [0.3, 0.4) is 0 Å². The largest absolute Gasteiger partial charge is 0.480 e. The second-order valence-corrected chi connectivity index (χ2v) is 15.6. The number of carboxylic acids is 1. The highest BCUT2D eigenvalue weighted by Crippen LogP contribution is 2.45. The summed E-state index contributed by atoms with van der Waals surface area (Å²) in [6, 6.07) is -1.48. The number of carbonyl (C=O) groups excluding carboxylic acids is 2. The molecule has 15 atom stereocenters. The van der Waals surface area contributed by atoms with Crippen molar-refractivity contribution in [2.75, 3.05) is 19.8 Å². The zero-order chi connectivity index (χ0) is 36.1. The number of aliphatic hydroxyl groups excluding tert-OH is 3. The smallest absolute Gasteiger partial charge is 0.321 e. The van der Waals surface area contributed by atoms with E-state index in [0.29, 0.717) is 12.8 Å². The van der Waals surface area contributed by atoms with Crippen LogP contribution in [0, 0.1) is 23.7 Å². The van der Waals surface area contributed by atoms with E-state index < -0.39 is 77.5 Å². The number of fused-ring (bicyclic) bond motifs is 1. The molecule has 0 aromatic heterocycles. The third kappa shape index (κ3) is 10.7. The van der Waals surface area contributed by atoms with Crippen LogP contribution >= 0.6 is 11.8 Å². The first-order valence-electron chi connectivity index (χ1n) is 17.1. The van der Waals surface area contributed by atoms with E-state index in [4.69, 9.17) is 24.7 Å². The number of hydrogen-bond donors (Lipinski definition) is 5. The van der Waals surface area contributed by atoms with E-state index in [-0.39, 0.29) is 55.0 Å². The Balaban J connectivity index is 2.02. The summed E-state index contributed by atoms with van der Waals surface area (Å²) in [4.78, 5) is 39.9. The topological polar surface area (TPSA) is 202 Å². The van der Waals surface area contributed by atoms with E-state index in [9.17, 15) is 34.8 Å². The van der Waals surface area contributed by atoms with Gasteiger partial charge in [0.15, 0.2) is 12.1 Å². The van der Waals surface area contributed by atoms with Gasteiger partial charge in [0.25, 0.3) is 0 Å². The molecule has 2 fully saturated rings. The van der Waals surface area contributed by atoms with Crippen LogP contribution < -0.4 is 5.73 Å². The minimum absolute atomic E-state index is 0.0400. The molecule has 13 nitrogen and oxygen atoms in total. The molecule has 3 rings (SSSR count). The van der Waals surface area contributed by atoms with Gasteiger partial charge >= 0.3 is 11.9 Å². The number of hydrogen-bond acceptors (Lipinski definition) is 13. The number of likely N-dealkylation sites (N-methyl/N-ethyl adjacent to an activating group) is 1. The second kappa shape index (κ2) is 17.5. The average molecular weight is 703 g/mol. The van der Waals surface area contributed by atoms with Gasteiger partial charge in [-0.25, -0.2) is 0 Å². The molecule has 276 valence electrons. The van der Waals surface area contributed by atoms with Crippen LogP contribution in [0.15, 0.2) is 12.2 Å². The molecule has 0 aromatic rings. The Hall–Kier alpha value is -1.62. The van der Waals surface area contributed by atoms with E-state index >= 15 is 0 Å². The highest BCUT2D eigenvalue weighted by Gasteiger charge is 2.55. The van der Waals surface area contributed by atoms with Crippen molar-refractivity contribution in [3.05, 3.63) is 12.2 Å². The summed E-state index contributed by atoms with van der Waals surface area (Å²) >= 11 is 0.967. The molecule has 3 heterocycles. The van der Waals surface area contributed by atoms with Crippen molar-refractivity contribution < 1.29 is 53.8 Å². The lowest BCUT2D eigenvalue weighted by atomic mass is 9.79. The number of carboxylic acid groups (broad SMARTS) is 1. The van der Waals surface area contributed by atoms with Crippen LogP contribution in [0.2, 0.25) is 0 Å². The molecule has 0 aliphatic carbocycles. The van der Waals surface area contributed by atoms with Gasteiger partial charge in [-0.15, -0.1) is 11.8 Å². The van der Waals surface area contributed by atoms with Crippen LogP contribution in [0.1, 0.15) is 73.6 Å². The Labute approximate surface area is 288 Å². The van der Waals surface area contributed by atoms with Gasteiger partial charge in [-0.3, -0.25) is 14.4 Å². The van der Waals surface area contributed by atoms with Gasteiger partial charge in [0.1, 0.15) is 23.9 Å². The van der Waals surface area contributed by atoms with Crippen molar-refractivity contribution >= 4 is 29.5 Å². The molecule has 3 aliphatic heterocycles. The van der Waals surface area contributed by atoms with Crippen molar-refractivity contribution in [2.24, 2.45) is 29.4 Å². The number of cyclic esters (lactones) is 1. The summed E-state index contributed by atoms with van der Waals surface area (Å²) in [7, 11) is 3.71. The highest BCUT2D eigenvalue weighted by molar-refractivity contribution is 7.99. The molecule has 0 amide bonds. The van der Waals surface area contributed by atoms with Gasteiger partial charge in [0.2, 0.25) is 0 Å². The molecule has 0 radical (unpaired) electrons. The zero-order valence-electron chi connectivity index (χ0n) is 29.6. The van der Waals surface area contributed by atoms with Crippen molar-refractivity contribution in [1.82, 2.24) is 4.90 Å². The lowest BCUT2D eigenvalue weighted by Gasteiger charge is -2.44. The van der Waals surface area contributed by atoms with E-state index in [1.165, 1.54) is 6.08 Å². The molecule has 3 aliphatic rings. The van der Waals surface area contributed by atoms with Gasteiger partial charge in [-0.05, 0) is 71.7 Å². The first-order chi connectivity index (χ1) is 22.4. The van der Waals surface area contributed by atoms with E-state index in [1.54, 1.807) is 19.9 Å². The fraction of sp³-hybridized carbons (Fsp3) is 0.853. The number of ether oxygens (including phenoxy) is 4. The van der Waals surface area contributed by atoms with Crippen molar-refractivity contribution in [3.8, 4) is 0 Å². The maximum absolute atomic E-state index is 13.5. The van der Waals surface area contributed by atoms with Gasteiger partial charge in [0, 0.05) is 29.5 Å². The van der Waals surface area contributed by atoms with Crippen LogP contribution in [0.25, 0.3) is 0 Å². The quantitative estimate of drug-likeness (QED) is 0.126. The summed E-state index contributed by atoms with van der Waals surface area (Å²) in [5.41, 5.74) is 3.89. The molecule has 14 heteroatoms. The predicted octanol–water partition coefficient (Wildman–Crippen LogP) is 1.94. The van der Waals surface area contributed by atoms with Crippen LogP contribution in [0.4, 0.5) is 0 Å². The summed E-state index contributed by atoms with van der Waals surface area (Å²) in [6.07, 6.45) is -1.04. The highest BCUT2D eigenvalue weighted by atomic mass is 32.2. The minimum atomic E-state index is -1.24. The third-order valence-corrected chi connectivity index (χ3v) is 11.3. The summed E-state index contributed by atoms with van der Waals surface area (Å²) in [5.74, 6) is -4.05. The number of nitrogens with zero attached hydrogens (tertiary/aromatic N) is 1. The molecule has 48 heavy (non-hydrogen) atoms. The maximum Gasteiger partial charge on any atom is 0.321 e. The van der Waals surface area contributed by atoms with E-state index in [1.807, 2.05) is 46.7 Å². The monoisotopic (exact) mass is 702 g/mol. The summed E-state index contributed by atoms with van der Waals surface area (Å²) in [6.45, 7) is 11.1. The number of carbonyl (C=O) groups is 3. The van der Waals surface area contributed by atoms with E-state index in [0.717, 1.165) is 11.8 Å². The van der Waals surface area contributed by atoms with Gasteiger partial charge in [-0.1, -0.05) is 27.7 Å². The molecule has 0 bridgehead atoms. The Bertz CT molecular complexity index is 1130. The van der Waals surface area contributed by atoms with Crippen LogP contribution in [0.5, 0.6) is 0 Å². The van der Waals surface area contributed by atoms with Gasteiger partial charge < -0.3 is 50.0 Å². The predicted molar refractivity (Wildman–Crippen MR) is 180 cm³/mol. The number of aliphatic carboxylic acids is 1. The fourth-order valence-corrected chi connectivity index (χ4v) is 7.94. The van der Waals surface area contributed by atoms with Crippen LogP contribution in [-0.4, -0.2) is 129 Å². The van der Waals surface area contributed by atoms with Gasteiger partial charge in [0.05, 0.1) is 36.3 Å². The molecule has 6 N–H and O–H groups in total. The molecule has 2 saturated heterocycles. The lowest BCUT2D eigenvalue weighted by molar-refractivity contribution is -0.283. The first kappa shape index (κ1) is 40.8. The number of allylic oxidation sites excluding steroid dienone is 1. The van der Waals surface area contributed by atoms with Crippen LogP contribution in [-0.2, 0) is 33.3 Å². The molecular formula is C34H58N2O11S. The Kier molecular flexibility index (Phi) is 14.9. The lowest BCUT2D eigenvalue weighted by Crippen LogP contribution is -2.56. The van der Waals surface area contributed by atoms with Gasteiger partial charge in [-0.2, -0.15) is 0 Å². The number of aliphatic hydroxyl groups is 3. The van der Waals surface area contributed by atoms with Crippen molar-refractivity contribution in [2.45, 2.75) is 140 Å². The molecule has 0 spiro atoms. The molecular weight excluding hydrogens is 644 g/mol. The number of thioether (sulfide) groups is 1. The SMILES string of the molecule is CCC1OC(=O)CC(O)C(C)C(OC2OC(C)CC(N(C)C)C2O)C(CC(O)SCC(N)C(=O)O)CC(C)C(=O)/C=C/C2(C)OC2C1C. The number of nitrogens with two attached hydrogens (primary N) is 1. The second-order valence-electron chi connectivity index (χ2n) is 14.4. The molecule has 0 saturated carbocycles. The molecule has 15 unspecified atom stereocenters. The zero-order valence-corrected chi connectivity index (χ0v) is 30.4.